The van der Waals surface area contributed by atoms with E-state index in [1.54, 1.807) is 16.8 Å². The third kappa shape index (κ3) is 2.98. The van der Waals surface area contributed by atoms with Crippen molar-refractivity contribution in [2.24, 2.45) is 7.05 Å². The Balaban J connectivity index is 2.07. The molecule has 19 heavy (non-hydrogen) atoms. The van der Waals surface area contributed by atoms with Crippen molar-refractivity contribution < 1.29 is 4.79 Å². The number of Topliss-reactive ketones (excluding diaryl/α,β-unsaturated/α-hetero) is 1. The quantitative estimate of drug-likeness (QED) is 0.665. The van der Waals surface area contributed by atoms with Crippen molar-refractivity contribution in [2.45, 2.75) is 25.0 Å². The molecule has 2 rings (SSSR count). The molecule has 0 fully saturated rings. The van der Waals surface area contributed by atoms with E-state index in [1.807, 2.05) is 31.7 Å². The Bertz CT molecular complexity index is 638. The van der Waals surface area contributed by atoms with Gasteiger partial charge >= 0.3 is 5.69 Å². The van der Waals surface area contributed by atoms with Crippen LogP contribution in [0.2, 0.25) is 0 Å². The molecule has 2 heterocycles. The van der Waals surface area contributed by atoms with Gasteiger partial charge < -0.3 is 4.57 Å². The van der Waals surface area contributed by atoms with Gasteiger partial charge in [0.15, 0.2) is 10.9 Å². The summed E-state index contributed by atoms with van der Waals surface area (Å²) in [6.07, 6.45) is 3.61. The van der Waals surface area contributed by atoms with Gasteiger partial charge in [0, 0.05) is 31.0 Å². The number of aryl methyl sites for hydroxylation is 1. The Morgan fingerprint density at radius 2 is 2.26 bits per heavy atom. The molecular weight excluding hydrogens is 264 g/mol. The maximum atomic E-state index is 12.0. The van der Waals surface area contributed by atoms with Crippen molar-refractivity contribution in [1.82, 2.24) is 19.3 Å². The van der Waals surface area contributed by atoms with Crippen LogP contribution in [0.25, 0.3) is 0 Å². The maximum absolute atomic E-state index is 12.0. The highest BCUT2D eigenvalue weighted by Crippen LogP contribution is 2.18. The second-order valence-corrected chi connectivity index (χ2v) is 5.50. The Hall–Kier alpha value is -1.76. The first-order valence-electron chi connectivity index (χ1n) is 5.94. The van der Waals surface area contributed by atoms with Crippen LogP contribution in [0.15, 0.2) is 28.4 Å². The van der Waals surface area contributed by atoms with E-state index in [4.69, 9.17) is 0 Å². The molecular formula is C12H16N4O2S. The van der Waals surface area contributed by atoms with Crippen molar-refractivity contribution in [1.29, 1.82) is 0 Å². The van der Waals surface area contributed by atoms with E-state index in [1.165, 1.54) is 11.8 Å². The second-order valence-electron chi connectivity index (χ2n) is 4.55. The molecule has 0 aliphatic rings. The Morgan fingerprint density at radius 3 is 2.84 bits per heavy atom. The number of carbonyl (C=O) groups excluding carboxylic acids is 1. The van der Waals surface area contributed by atoms with E-state index in [0.717, 1.165) is 0 Å². The standard InChI is InChI=1S/C12H16N4O2S/c1-8(2)16-11(18)13-14-12(16)19-7-10(17)9-4-5-15(3)6-9/h4-6,8H,7H2,1-3H3,(H,13,18). The molecule has 6 nitrogen and oxygen atoms in total. The maximum Gasteiger partial charge on any atom is 0.344 e. The largest absolute Gasteiger partial charge is 0.357 e. The minimum absolute atomic E-state index is 0.0144. The molecule has 0 bridgehead atoms. The Kier molecular flexibility index (Phi) is 3.94. The molecule has 0 saturated heterocycles. The smallest absolute Gasteiger partial charge is 0.344 e. The van der Waals surface area contributed by atoms with Crippen molar-refractivity contribution in [3.63, 3.8) is 0 Å². The van der Waals surface area contributed by atoms with Crippen LogP contribution in [0.4, 0.5) is 0 Å². The van der Waals surface area contributed by atoms with E-state index in [-0.39, 0.29) is 23.3 Å². The van der Waals surface area contributed by atoms with Crippen LogP contribution in [-0.4, -0.2) is 30.9 Å². The zero-order valence-corrected chi connectivity index (χ0v) is 11.9. The summed E-state index contributed by atoms with van der Waals surface area (Å²) in [4.78, 5) is 23.5. The molecule has 0 aromatic carbocycles. The van der Waals surface area contributed by atoms with Crippen molar-refractivity contribution >= 4 is 17.5 Å². The van der Waals surface area contributed by atoms with Gasteiger partial charge in [-0.2, -0.15) is 0 Å². The fourth-order valence-corrected chi connectivity index (χ4v) is 2.70. The highest BCUT2D eigenvalue weighted by atomic mass is 32.2. The Morgan fingerprint density at radius 1 is 1.53 bits per heavy atom. The second kappa shape index (κ2) is 5.48. The number of nitrogens with zero attached hydrogens (tertiary/aromatic N) is 3. The number of hydrogen-bond donors (Lipinski definition) is 1. The van der Waals surface area contributed by atoms with Crippen molar-refractivity contribution in [2.75, 3.05) is 5.75 Å². The van der Waals surface area contributed by atoms with E-state index in [2.05, 4.69) is 10.2 Å². The molecule has 0 atom stereocenters. The van der Waals surface area contributed by atoms with Crippen molar-refractivity contribution in [3.05, 3.63) is 34.5 Å². The number of rotatable bonds is 5. The summed E-state index contributed by atoms with van der Waals surface area (Å²) < 4.78 is 3.37. The molecule has 7 heteroatoms. The van der Waals surface area contributed by atoms with E-state index < -0.39 is 0 Å². The first-order valence-corrected chi connectivity index (χ1v) is 6.92. The van der Waals surface area contributed by atoms with Crippen LogP contribution >= 0.6 is 11.8 Å². The molecule has 2 aromatic heterocycles. The summed E-state index contributed by atoms with van der Waals surface area (Å²) in [5, 5.41) is 6.89. The lowest BCUT2D eigenvalue weighted by Gasteiger charge is -2.07. The lowest BCUT2D eigenvalue weighted by atomic mass is 10.2. The van der Waals surface area contributed by atoms with Gasteiger partial charge in [-0.3, -0.25) is 9.36 Å². The van der Waals surface area contributed by atoms with Crippen molar-refractivity contribution in [3.8, 4) is 0 Å². The predicted molar refractivity (Wildman–Crippen MR) is 73.7 cm³/mol. The molecule has 2 aromatic rings. The molecule has 0 aliphatic heterocycles. The molecule has 1 N–H and O–H groups in total. The lowest BCUT2D eigenvalue weighted by molar-refractivity contribution is 0.102. The zero-order chi connectivity index (χ0) is 14.0. The molecule has 0 aliphatic carbocycles. The van der Waals surface area contributed by atoms with E-state index in [0.29, 0.717) is 10.7 Å². The summed E-state index contributed by atoms with van der Waals surface area (Å²) in [6, 6.07) is 1.80. The molecule has 0 amide bonds. The van der Waals surface area contributed by atoms with Crippen LogP contribution in [-0.2, 0) is 7.05 Å². The number of aromatic nitrogens is 4. The van der Waals surface area contributed by atoms with Crippen LogP contribution in [0.3, 0.4) is 0 Å². The number of nitrogens with one attached hydrogen (secondary N) is 1. The number of thioether (sulfide) groups is 1. The summed E-state index contributed by atoms with van der Waals surface area (Å²) in [5.41, 5.74) is 0.425. The lowest BCUT2D eigenvalue weighted by Crippen LogP contribution is -2.19. The average molecular weight is 280 g/mol. The fourth-order valence-electron chi connectivity index (χ4n) is 1.73. The SMILES string of the molecule is CC(C)n1c(SCC(=O)c2ccn(C)c2)n[nH]c1=O. The van der Waals surface area contributed by atoms with Gasteiger partial charge in [-0.1, -0.05) is 11.8 Å². The number of ketones is 1. The van der Waals surface area contributed by atoms with Gasteiger partial charge in [-0.25, -0.2) is 9.89 Å². The molecule has 0 spiro atoms. The van der Waals surface area contributed by atoms with Gasteiger partial charge in [0.25, 0.3) is 0 Å². The normalized spacial score (nSPS) is 11.2. The minimum Gasteiger partial charge on any atom is -0.357 e. The third-order valence-electron chi connectivity index (χ3n) is 2.67. The summed E-state index contributed by atoms with van der Waals surface area (Å²) >= 11 is 1.27. The number of hydrogen-bond acceptors (Lipinski definition) is 4. The van der Waals surface area contributed by atoms with Crippen LogP contribution < -0.4 is 5.69 Å². The van der Waals surface area contributed by atoms with Gasteiger partial charge in [0.1, 0.15) is 0 Å². The number of aromatic amines is 1. The molecule has 102 valence electrons. The minimum atomic E-state index is -0.246. The first-order chi connectivity index (χ1) is 8.99. The highest BCUT2D eigenvalue weighted by molar-refractivity contribution is 7.99. The summed E-state index contributed by atoms with van der Waals surface area (Å²) in [7, 11) is 1.87. The van der Waals surface area contributed by atoms with Gasteiger partial charge in [0.2, 0.25) is 0 Å². The topological polar surface area (TPSA) is 72.7 Å². The number of H-pyrrole nitrogens is 1. The van der Waals surface area contributed by atoms with Crippen LogP contribution in [0.5, 0.6) is 0 Å². The third-order valence-corrected chi connectivity index (χ3v) is 3.63. The monoisotopic (exact) mass is 280 g/mol. The predicted octanol–water partition coefficient (Wildman–Crippen LogP) is 1.47. The fraction of sp³-hybridized carbons (Fsp3) is 0.417. The number of carbonyl (C=O) groups is 1. The van der Waals surface area contributed by atoms with Gasteiger partial charge in [0.05, 0.1) is 5.75 Å². The molecule has 0 radical (unpaired) electrons. The molecule has 0 saturated carbocycles. The first kappa shape index (κ1) is 13.7. The average Bonchev–Trinajstić information content (AvgIpc) is 2.92. The Labute approximate surface area is 114 Å². The van der Waals surface area contributed by atoms with Gasteiger partial charge in [-0.15, -0.1) is 5.10 Å². The van der Waals surface area contributed by atoms with E-state index in [9.17, 15) is 9.59 Å². The zero-order valence-electron chi connectivity index (χ0n) is 11.1. The molecule has 0 unspecified atom stereocenters. The summed E-state index contributed by atoms with van der Waals surface area (Å²) in [5.74, 6) is 0.289. The summed E-state index contributed by atoms with van der Waals surface area (Å²) in [6.45, 7) is 3.81. The van der Waals surface area contributed by atoms with Crippen LogP contribution in [0, 0.1) is 0 Å². The van der Waals surface area contributed by atoms with Crippen LogP contribution in [0.1, 0.15) is 30.2 Å². The highest BCUT2D eigenvalue weighted by Gasteiger charge is 2.14. The van der Waals surface area contributed by atoms with E-state index >= 15 is 0 Å². The van der Waals surface area contributed by atoms with Gasteiger partial charge in [-0.05, 0) is 19.9 Å².